The Balaban J connectivity index is 2.61. The highest BCUT2D eigenvalue weighted by Gasteiger charge is 2.39. The van der Waals surface area contributed by atoms with Crippen LogP contribution in [0.5, 0.6) is 0 Å². The number of aliphatic hydroxyl groups excluding tert-OH is 1. The van der Waals surface area contributed by atoms with Gasteiger partial charge in [-0.15, -0.1) is 23.2 Å². The van der Waals surface area contributed by atoms with Crippen molar-refractivity contribution >= 4 is 30.9 Å². The van der Waals surface area contributed by atoms with Crippen LogP contribution in [0.15, 0.2) is 0 Å². The van der Waals surface area contributed by atoms with Gasteiger partial charge in [0.15, 0.2) is 0 Å². The second kappa shape index (κ2) is 6.40. The lowest BCUT2D eigenvalue weighted by Crippen LogP contribution is -2.33. The van der Waals surface area contributed by atoms with Crippen molar-refractivity contribution in [3.63, 3.8) is 0 Å². The van der Waals surface area contributed by atoms with Crippen molar-refractivity contribution in [3.8, 4) is 0 Å². The summed E-state index contributed by atoms with van der Waals surface area (Å²) in [5.74, 6) is 0.714. The molecule has 8 heteroatoms. The van der Waals surface area contributed by atoms with Gasteiger partial charge in [0.25, 0.3) is 0 Å². The molecule has 0 amide bonds. The van der Waals surface area contributed by atoms with Gasteiger partial charge < -0.3 is 9.63 Å². The van der Waals surface area contributed by atoms with Gasteiger partial charge in [0.1, 0.15) is 0 Å². The molecule has 0 radical (unpaired) electrons. The molecule has 5 nitrogen and oxygen atoms in total. The van der Waals surface area contributed by atoms with E-state index in [4.69, 9.17) is 32.8 Å². The maximum absolute atomic E-state index is 12.2. The third-order valence-corrected chi connectivity index (χ3v) is 4.75. The molecule has 0 bridgehead atoms. The smallest absolute Gasteiger partial charge is 0.343 e. The quantitative estimate of drug-likeness (QED) is 0.557. The van der Waals surface area contributed by atoms with Crippen LogP contribution in [0.25, 0.3) is 0 Å². The molecule has 0 saturated carbocycles. The van der Waals surface area contributed by atoms with Crippen molar-refractivity contribution in [2.75, 3.05) is 38.1 Å². The maximum Gasteiger partial charge on any atom is 0.343 e. The molecule has 1 aliphatic heterocycles. The Kier molecular flexibility index (Phi) is 5.85. The van der Waals surface area contributed by atoms with E-state index in [9.17, 15) is 4.57 Å². The number of alkyl halides is 2. The summed E-state index contributed by atoms with van der Waals surface area (Å²) >= 11 is 11.2. The van der Waals surface area contributed by atoms with E-state index >= 15 is 0 Å². The highest BCUT2D eigenvalue weighted by Crippen LogP contribution is 2.50. The van der Waals surface area contributed by atoms with Gasteiger partial charge in [-0.1, -0.05) is 0 Å². The normalized spacial score (nSPS) is 31.3. The van der Waals surface area contributed by atoms with E-state index < -0.39 is 7.67 Å². The number of halogens is 2. The lowest BCUT2D eigenvalue weighted by atomic mass is 10.4. The van der Waals surface area contributed by atoms with Gasteiger partial charge >= 0.3 is 7.67 Å². The molecule has 90 valence electrons. The first-order valence-electron chi connectivity index (χ1n) is 4.67. The minimum Gasteiger partial charge on any atom is -0.395 e. The first-order chi connectivity index (χ1) is 7.16. The predicted octanol–water partition coefficient (Wildman–Crippen LogP) is 0.855. The van der Waals surface area contributed by atoms with E-state index in [1.165, 1.54) is 0 Å². The van der Waals surface area contributed by atoms with E-state index in [2.05, 4.69) is 5.09 Å². The summed E-state index contributed by atoms with van der Waals surface area (Å²) in [6.07, 6.45) is 0. The first kappa shape index (κ1) is 13.7. The molecule has 1 saturated heterocycles. The van der Waals surface area contributed by atoms with Crippen LogP contribution in [0.2, 0.25) is 0 Å². The summed E-state index contributed by atoms with van der Waals surface area (Å²) < 4.78 is 19.0. The van der Waals surface area contributed by atoms with E-state index in [1.807, 2.05) is 0 Å². The van der Waals surface area contributed by atoms with Crippen molar-refractivity contribution in [1.29, 1.82) is 0 Å². The summed E-state index contributed by atoms with van der Waals surface area (Å²) in [5, 5.41) is 11.7. The summed E-state index contributed by atoms with van der Waals surface area (Å²) in [6.45, 7) is 1.03. The average Bonchev–Trinajstić information content (AvgIpc) is 2.61. The van der Waals surface area contributed by atoms with Crippen molar-refractivity contribution < 1.29 is 14.2 Å². The summed E-state index contributed by atoms with van der Waals surface area (Å²) in [6, 6.07) is -0.274. The average molecular weight is 277 g/mol. The van der Waals surface area contributed by atoms with Gasteiger partial charge in [0, 0.05) is 24.8 Å². The van der Waals surface area contributed by atoms with Crippen LogP contribution in [0.4, 0.5) is 0 Å². The highest BCUT2D eigenvalue weighted by atomic mass is 35.5. The molecule has 1 heterocycles. The third kappa shape index (κ3) is 3.56. The van der Waals surface area contributed by atoms with Gasteiger partial charge in [-0.25, -0.2) is 9.76 Å². The number of rotatable bonds is 6. The summed E-state index contributed by atoms with van der Waals surface area (Å²) in [4.78, 5) is 0. The van der Waals surface area contributed by atoms with Crippen molar-refractivity contribution in [1.82, 2.24) is 9.76 Å². The van der Waals surface area contributed by atoms with Crippen molar-refractivity contribution in [3.05, 3.63) is 0 Å². The molecular formula is C7H15Cl2N2O3P. The van der Waals surface area contributed by atoms with Gasteiger partial charge in [0.2, 0.25) is 0 Å². The molecule has 0 aliphatic carbocycles. The minimum atomic E-state index is -3.03. The third-order valence-electron chi connectivity index (χ3n) is 2.07. The SMILES string of the molecule is O=[P@@]1(N(CCCl)CCCl)N[C@H](CO)CO1. The van der Waals surface area contributed by atoms with Crippen LogP contribution >= 0.6 is 30.9 Å². The monoisotopic (exact) mass is 276 g/mol. The van der Waals surface area contributed by atoms with Crippen LogP contribution in [0, 0.1) is 0 Å². The molecule has 0 aromatic heterocycles. The standard InChI is InChI=1S/C7H15Cl2N2O3P/c8-1-3-11(4-2-9)15(13)10-7(5-12)6-14-15/h7,12H,1-6H2,(H,10,13)/t7-,15+/m1/s1. The Morgan fingerprint density at radius 1 is 1.47 bits per heavy atom. The molecule has 2 N–H and O–H groups in total. The van der Waals surface area contributed by atoms with Crippen LogP contribution < -0.4 is 5.09 Å². The fraction of sp³-hybridized carbons (Fsp3) is 1.00. The van der Waals surface area contributed by atoms with Crippen molar-refractivity contribution in [2.45, 2.75) is 6.04 Å². The number of hydrogen-bond donors (Lipinski definition) is 2. The van der Waals surface area contributed by atoms with Crippen LogP contribution in [0.1, 0.15) is 0 Å². The Bertz CT molecular complexity index is 238. The largest absolute Gasteiger partial charge is 0.395 e. The molecule has 15 heavy (non-hydrogen) atoms. The van der Waals surface area contributed by atoms with Crippen LogP contribution in [-0.4, -0.2) is 53.9 Å². The molecule has 1 rings (SSSR count). The number of nitrogens with one attached hydrogen (secondary N) is 1. The first-order valence-corrected chi connectivity index (χ1v) is 7.31. The topological polar surface area (TPSA) is 61.8 Å². The molecule has 0 aromatic carbocycles. The van der Waals surface area contributed by atoms with Crippen LogP contribution in [-0.2, 0) is 9.09 Å². The zero-order valence-corrected chi connectivity index (χ0v) is 10.6. The molecule has 2 atom stereocenters. The lowest BCUT2D eigenvalue weighted by Gasteiger charge is -2.25. The zero-order chi connectivity index (χ0) is 11.3. The van der Waals surface area contributed by atoms with Crippen molar-refractivity contribution in [2.24, 2.45) is 0 Å². The van der Waals surface area contributed by atoms with Gasteiger partial charge in [-0.2, -0.15) is 0 Å². The van der Waals surface area contributed by atoms with Crippen LogP contribution in [0.3, 0.4) is 0 Å². The van der Waals surface area contributed by atoms with E-state index in [0.717, 1.165) is 0 Å². The second-order valence-electron chi connectivity index (χ2n) is 3.16. The fourth-order valence-corrected chi connectivity index (χ4v) is 4.09. The Hall–Kier alpha value is 0.650. The maximum atomic E-state index is 12.2. The second-order valence-corrected chi connectivity index (χ2v) is 6.04. The van der Waals surface area contributed by atoms with Gasteiger partial charge in [0.05, 0.1) is 19.3 Å². The Morgan fingerprint density at radius 2 is 2.07 bits per heavy atom. The number of hydrogen-bond acceptors (Lipinski definition) is 3. The van der Waals surface area contributed by atoms with E-state index in [1.54, 1.807) is 4.67 Å². The molecular weight excluding hydrogens is 262 g/mol. The molecule has 0 spiro atoms. The Labute approximate surface area is 99.2 Å². The summed E-state index contributed by atoms with van der Waals surface area (Å²) in [7, 11) is -3.03. The van der Waals surface area contributed by atoms with Gasteiger partial charge in [-0.05, 0) is 0 Å². The predicted molar refractivity (Wildman–Crippen MR) is 60.6 cm³/mol. The molecule has 0 aromatic rings. The lowest BCUT2D eigenvalue weighted by molar-refractivity contribution is 0.227. The van der Waals surface area contributed by atoms with E-state index in [0.29, 0.717) is 24.8 Å². The number of aliphatic hydroxyl groups is 1. The fourth-order valence-electron chi connectivity index (χ4n) is 1.32. The molecule has 1 aliphatic rings. The Morgan fingerprint density at radius 3 is 2.47 bits per heavy atom. The minimum absolute atomic E-state index is 0.0976. The summed E-state index contributed by atoms with van der Waals surface area (Å²) in [5.41, 5.74) is 0. The molecule has 0 unspecified atom stereocenters. The number of nitrogens with zero attached hydrogens (tertiary/aromatic N) is 1. The van der Waals surface area contributed by atoms with Gasteiger partial charge in [-0.3, -0.25) is 4.57 Å². The zero-order valence-electron chi connectivity index (χ0n) is 8.23. The van der Waals surface area contributed by atoms with E-state index in [-0.39, 0.29) is 19.3 Å². The molecule has 1 fully saturated rings. The highest BCUT2D eigenvalue weighted by molar-refractivity contribution is 7.54.